The average molecular weight is 307 g/mol. The topological polar surface area (TPSA) is 29.1 Å². The van der Waals surface area contributed by atoms with Gasteiger partial charge in [0.2, 0.25) is 0 Å². The first-order valence-corrected chi connectivity index (χ1v) is 8.67. The fourth-order valence-electron chi connectivity index (χ4n) is 2.03. The number of carbonyl (C=O) groups is 1. The Bertz CT molecular complexity index is 555. The fourth-order valence-corrected chi connectivity index (χ4v) is 3.89. The minimum atomic E-state index is 0.0280. The minimum Gasteiger partial charge on any atom is -0.344 e. The van der Waals surface area contributed by atoms with Gasteiger partial charge in [-0.2, -0.15) is 0 Å². The molecule has 0 saturated carbocycles. The Labute approximate surface area is 128 Å². The molecule has 0 aliphatic rings. The highest BCUT2D eigenvalue weighted by molar-refractivity contribution is 7.10. The van der Waals surface area contributed by atoms with Crippen LogP contribution in [0.3, 0.4) is 0 Å². The van der Waals surface area contributed by atoms with Crippen molar-refractivity contribution in [3.63, 3.8) is 0 Å². The van der Waals surface area contributed by atoms with Crippen LogP contribution < -0.4 is 5.32 Å². The van der Waals surface area contributed by atoms with Gasteiger partial charge >= 0.3 is 0 Å². The van der Waals surface area contributed by atoms with E-state index in [2.05, 4.69) is 44.5 Å². The van der Waals surface area contributed by atoms with Gasteiger partial charge in [-0.15, -0.1) is 22.7 Å². The Morgan fingerprint density at radius 1 is 1.15 bits per heavy atom. The van der Waals surface area contributed by atoms with Crippen LogP contribution >= 0.6 is 22.7 Å². The summed E-state index contributed by atoms with van der Waals surface area (Å²) in [6, 6.07) is 6.22. The zero-order valence-corrected chi connectivity index (χ0v) is 14.0. The molecule has 1 amide bonds. The number of nitrogens with one attached hydrogen (secondary N) is 1. The van der Waals surface area contributed by atoms with Gasteiger partial charge in [0, 0.05) is 15.1 Å². The number of amides is 1. The molecule has 0 bridgehead atoms. The molecule has 4 heteroatoms. The molecule has 0 spiro atoms. The van der Waals surface area contributed by atoms with Gasteiger partial charge in [0.15, 0.2) is 0 Å². The fraction of sp³-hybridized carbons (Fsp3) is 0.438. The highest BCUT2D eigenvalue weighted by Crippen LogP contribution is 2.27. The van der Waals surface area contributed by atoms with E-state index in [4.69, 9.17) is 0 Å². The number of thiophene rings is 2. The van der Waals surface area contributed by atoms with Crippen LogP contribution in [0.15, 0.2) is 29.0 Å². The lowest BCUT2D eigenvalue weighted by molar-refractivity contribution is 0.0927. The molecule has 1 N–H and O–H groups in total. The molecule has 1 atom stereocenters. The second kappa shape index (κ2) is 6.55. The standard InChI is InChI=1S/C16H21NOS2/c1-10(2)14-8-12(9-20-14)16(18)17-15(11(3)4)13-6-5-7-19-13/h5-11,15H,1-4H3,(H,17,18). The number of rotatable bonds is 5. The summed E-state index contributed by atoms with van der Waals surface area (Å²) >= 11 is 3.36. The maximum absolute atomic E-state index is 12.4. The summed E-state index contributed by atoms with van der Waals surface area (Å²) < 4.78 is 0. The molecular weight excluding hydrogens is 286 g/mol. The highest BCUT2D eigenvalue weighted by Gasteiger charge is 2.20. The van der Waals surface area contributed by atoms with Crippen LogP contribution in [-0.2, 0) is 0 Å². The zero-order valence-electron chi connectivity index (χ0n) is 12.3. The summed E-state index contributed by atoms with van der Waals surface area (Å²) in [4.78, 5) is 14.9. The molecule has 108 valence electrons. The first kappa shape index (κ1) is 15.3. The molecule has 0 fully saturated rings. The van der Waals surface area contributed by atoms with Gasteiger partial charge in [-0.3, -0.25) is 4.79 Å². The number of hydrogen-bond donors (Lipinski definition) is 1. The first-order chi connectivity index (χ1) is 9.49. The van der Waals surface area contributed by atoms with Gasteiger partial charge in [0.1, 0.15) is 0 Å². The first-order valence-electron chi connectivity index (χ1n) is 6.91. The molecule has 2 aromatic rings. The molecule has 0 aliphatic heterocycles. The van der Waals surface area contributed by atoms with Crippen molar-refractivity contribution >= 4 is 28.6 Å². The lowest BCUT2D eigenvalue weighted by Gasteiger charge is -2.21. The third-order valence-corrected chi connectivity index (χ3v) is 5.44. The van der Waals surface area contributed by atoms with Crippen LogP contribution in [0.1, 0.15) is 59.8 Å². The molecule has 2 rings (SSSR count). The molecule has 20 heavy (non-hydrogen) atoms. The predicted molar refractivity (Wildman–Crippen MR) is 87.8 cm³/mol. The van der Waals surface area contributed by atoms with Crippen LogP contribution in [0.5, 0.6) is 0 Å². The summed E-state index contributed by atoms with van der Waals surface area (Å²) in [6.45, 7) is 8.57. The average Bonchev–Trinajstić information content (AvgIpc) is 3.05. The van der Waals surface area contributed by atoms with E-state index in [0.29, 0.717) is 11.8 Å². The number of carbonyl (C=O) groups excluding carboxylic acids is 1. The van der Waals surface area contributed by atoms with E-state index in [1.807, 2.05) is 17.5 Å². The summed E-state index contributed by atoms with van der Waals surface area (Å²) in [5.74, 6) is 0.876. The van der Waals surface area contributed by atoms with Crippen molar-refractivity contribution in [2.45, 2.75) is 39.7 Å². The molecule has 0 saturated heterocycles. The third kappa shape index (κ3) is 3.49. The SMILES string of the molecule is CC(C)c1cc(C(=O)NC(c2cccs2)C(C)C)cs1. The van der Waals surface area contributed by atoms with Crippen molar-refractivity contribution < 1.29 is 4.79 Å². The van der Waals surface area contributed by atoms with Crippen molar-refractivity contribution in [2.24, 2.45) is 5.92 Å². The second-order valence-electron chi connectivity index (χ2n) is 5.60. The van der Waals surface area contributed by atoms with E-state index < -0.39 is 0 Å². The van der Waals surface area contributed by atoms with Crippen LogP contribution in [0.4, 0.5) is 0 Å². The number of hydrogen-bond acceptors (Lipinski definition) is 3. The summed E-state index contributed by atoms with van der Waals surface area (Å²) in [5, 5.41) is 7.17. The second-order valence-corrected chi connectivity index (χ2v) is 7.53. The zero-order chi connectivity index (χ0) is 14.7. The molecule has 2 heterocycles. The van der Waals surface area contributed by atoms with E-state index in [0.717, 1.165) is 5.56 Å². The molecule has 0 radical (unpaired) electrons. The van der Waals surface area contributed by atoms with E-state index >= 15 is 0 Å². The molecule has 2 aromatic heterocycles. The Morgan fingerprint density at radius 2 is 1.90 bits per heavy atom. The van der Waals surface area contributed by atoms with Gasteiger partial charge in [-0.25, -0.2) is 0 Å². The smallest absolute Gasteiger partial charge is 0.252 e. The lowest BCUT2D eigenvalue weighted by atomic mass is 10.0. The van der Waals surface area contributed by atoms with E-state index in [1.165, 1.54) is 9.75 Å². The molecule has 0 aliphatic carbocycles. The van der Waals surface area contributed by atoms with Crippen molar-refractivity contribution in [3.05, 3.63) is 44.3 Å². The Morgan fingerprint density at radius 3 is 2.40 bits per heavy atom. The van der Waals surface area contributed by atoms with Gasteiger partial charge < -0.3 is 5.32 Å². The van der Waals surface area contributed by atoms with Crippen molar-refractivity contribution in [1.29, 1.82) is 0 Å². The Kier molecular flexibility index (Phi) is 5.00. The van der Waals surface area contributed by atoms with Gasteiger partial charge in [0.05, 0.1) is 11.6 Å². The van der Waals surface area contributed by atoms with Crippen LogP contribution in [0, 0.1) is 5.92 Å². The van der Waals surface area contributed by atoms with Crippen molar-refractivity contribution in [2.75, 3.05) is 0 Å². The van der Waals surface area contributed by atoms with Crippen LogP contribution in [-0.4, -0.2) is 5.91 Å². The maximum Gasteiger partial charge on any atom is 0.252 e. The Hall–Kier alpha value is -1.13. The van der Waals surface area contributed by atoms with Gasteiger partial charge in [-0.05, 0) is 29.3 Å². The minimum absolute atomic E-state index is 0.0280. The van der Waals surface area contributed by atoms with Gasteiger partial charge in [-0.1, -0.05) is 33.8 Å². The monoisotopic (exact) mass is 307 g/mol. The molecule has 2 nitrogen and oxygen atoms in total. The van der Waals surface area contributed by atoms with Crippen molar-refractivity contribution in [1.82, 2.24) is 5.32 Å². The van der Waals surface area contributed by atoms with Gasteiger partial charge in [0.25, 0.3) is 5.91 Å². The molecular formula is C16H21NOS2. The maximum atomic E-state index is 12.4. The van der Waals surface area contributed by atoms with Crippen LogP contribution in [0.25, 0.3) is 0 Å². The quantitative estimate of drug-likeness (QED) is 0.822. The molecule has 1 unspecified atom stereocenters. The predicted octanol–water partition coefficient (Wildman–Crippen LogP) is 5.06. The van der Waals surface area contributed by atoms with Crippen LogP contribution in [0.2, 0.25) is 0 Å². The Balaban J connectivity index is 2.12. The largest absolute Gasteiger partial charge is 0.344 e. The summed E-state index contributed by atoms with van der Waals surface area (Å²) in [7, 11) is 0. The normalized spacial score (nSPS) is 12.9. The van der Waals surface area contributed by atoms with E-state index in [1.54, 1.807) is 22.7 Å². The van der Waals surface area contributed by atoms with Crippen molar-refractivity contribution in [3.8, 4) is 0 Å². The summed E-state index contributed by atoms with van der Waals surface area (Å²) in [6.07, 6.45) is 0. The summed E-state index contributed by atoms with van der Waals surface area (Å²) in [5.41, 5.74) is 0.779. The van der Waals surface area contributed by atoms with E-state index in [-0.39, 0.29) is 11.9 Å². The van der Waals surface area contributed by atoms with E-state index in [9.17, 15) is 4.79 Å². The third-order valence-electron chi connectivity index (χ3n) is 3.25. The highest BCUT2D eigenvalue weighted by atomic mass is 32.1. The molecule has 0 aromatic carbocycles. The lowest BCUT2D eigenvalue weighted by Crippen LogP contribution is -2.30.